The van der Waals surface area contributed by atoms with Crippen LogP contribution >= 0.6 is 0 Å². The molecule has 0 aliphatic rings. The molecule has 1 unspecified atom stereocenters. The zero-order chi connectivity index (χ0) is 12.6. The Balaban J connectivity index is 4.06. The number of ether oxygens (including phenoxy) is 1. The number of hydrogen-bond donors (Lipinski definition) is 2. The molecule has 0 spiro atoms. The summed E-state index contributed by atoms with van der Waals surface area (Å²) in [6, 6.07) is 0. The number of aliphatic carboxylic acids is 1. The second-order valence-electron chi connectivity index (χ2n) is 3.05. The first-order valence-electron chi connectivity index (χ1n) is 4.74. The van der Waals surface area contributed by atoms with Gasteiger partial charge in [0.1, 0.15) is 12.5 Å². The van der Waals surface area contributed by atoms with Gasteiger partial charge in [-0.25, -0.2) is 0 Å². The zero-order valence-corrected chi connectivity index (χ0v) is 9.23. The van der Waals surface area contributed by atoms with E-state index in [2.05, 4.69) is 5.32 Å². The smallest absolute Gasteiger partial charge is 0.312 e. The molecule has 1 atom stereocenters. The molecule has 0 aromatic heterocycles. The SMILES string of the molecule is C/C=C/C(CNC(=O)CC(=O)O)OC(C)=O. The van der Waals surface area contributed by atoms with E-state index in [1.54, 1.807) is 19.1 Å². The summed E-state index contributed by atoms with van der Waals surface area (Å²) in [6.07, 6.45) is 2.11. The fraction of sp³-hybridized carbons (Fsp3) is 0.500. The summed E-state index contributed by atoms with van der Waals surface area (Å²) in [6.45, 7) is 3.07. The fourth-order valence-corrected chi connectivity index (χ4v) is 0.991. The van der Waals surface area contributed by atoms with E-state index in [1.165, 1.54) is 6.92 Å². The van der Waals surface area contributed by atoms with E-state index in [0.717, 1.165) is 0 Å². The second kappa shape index (κ2) is 7.44. The van der Waals surface area contributed by atoms with Crippen molar-refractivity contribution in [3.8, 4) is 0 Å². The molecule has 0 aromatic carbocycles. The van der Waals surface area contributed by atoms with Gasteiger partial charge in [-0.3, -0.25) is 14.4 Å². The normalized spacial score (nSPS) is 12.1. The van der Waals surface area contributed by atoms with Gasteiger partial charge >= 0.3 is 11.9 Å². The van der Waals surface area contributed by atoms with E-state index >= 15 is 0 Å². The van der Waals surface area contributed by atoms with Crippen molar-refractivity contribution in [3.05, 3.63) is 12.2 Å². The first-order chi connectivity index (χ1) is 7.45. The molecule has 16 heavy (non-hydrogen) atoms. The summed E-state index contributed by atoms with van der Waals surface area (Å²) < 4.78 is 4.86. The van der Waals surface area contributed by atoms with E-state index in [9.17, 15) is 14.4 Å². The number of carboxylic acids is 1. The monoisotopic (exact) mass is 229 g/mol. The van der Waals surface area contributed by atoms with Crippen LogP contribution < -0.4 is 5.32 Å². The molecule has 2 N–H and O–H groups in total. The van der Waals surface area contributed by atoms with Crippen molar-refractivity contribution >= 4 is 17.8 Å². The lowest BCUT2D eigenvalue weighted by molar-refractivity contribution is -0.145. The van der Waals surface area contributed by atoms with Crippen molar-refractivity contribution < 1.29 is 24.2 Å². The van der Waals surface area contributed by atoms with Crippen molar-refractivity contribution in [2.24, 2.45) is 0 Å². The van der Waals surface area contributed by atoms with E-state index < -0.39 is 30.4 Å². The first kappa shape index (κ1) is 14.2. The van der Waals surface area contributed by atoms with Gasteiger partial charge in [0.2, 0.25) is 5.91 Å². The quantitative estimate of drug-likeness (QED) is 0.382. The minimum Gasteiger partial charge on any atom is -0.481 e. The number of carbonyl (C=O) groups excluding carboxylic acids is 2. The lowest BCUT2D eigenvalue weighted by atomic mass is 10.3. The lowest BCUT2D eigenvalue weighted by Gasteiger charge is -2.13. The Morgan fingerprint density at radius 1 is 1.44 bits per heavy atom. The number of carbonyl (C=O) groups is 3. The molecule has 0 saturated carbocycles. The molecule has 1 amide bonds. The highest BCUT2D eigenvalue weighted by molar-refractivity contribution is 5.93. The van der Waals surface area contributed by atoms with Crippen molar-refractivity contribution in [1.29, 1.82) is 0 Å². The van der Waals surface area contributed by atoms with Gasteiger partial charge in [0.25, 0.3) is 0 Å². The highest BCUT2D eigenvalue weighted by Gasteiger charge is 2.11. The van der Waals surface area contributed by atoms with Crippen LogP contribution in [0.5, 0.6) is 0 Å². The molecular weight excluding hydrogens is 214 g/mol. The molecule has 0 heterocycles. The van der Waals surface area contributed by atoms with Gasteiger partial charge in [-0.2, -0.15) is 0 Å². The van der Waals surface area contributed by atoms with Crippen molar-refractivity contribution in [1.82, 2.24) is 5.32 Å². The van der Waals surface area contributed by atoms with Crippen molar-refractivity contribution in [2.75, 3.05) is 6.54 Å². The zero-order valence-electron chi connectivity index (χ0n) is 9.23. The van der Waals surface area contributed by atoms with Gasteiger partial charge in [-0.15, -0.1) is 0 Å². The fourth-order valence-electron chi connectivity index (χ4n) is 0.991. The molecular formula is C10H15NO5. The number of carboxylic acid groups (broad SMARTS) is 1. The molecule has 0 bridgehead atoms. The van der Waals surface area contributed by atoms with Crippen LogP contribution in [0.25, 0.3) is 0 Å². The standard InChI is InChI=1S/C10H15NO5/c1-3-4-8(16-7(2)12)6-11-9(13)5-10(14)15/h3-4,8H,5-6H2,1-2H3,(H,11,13)(H,14,15)/b4-3+. The number of nitrogens with one attached hydrogen (secondary N) is 1. The summed E-state index contributed by atoms with van der Waals surface area (Å²) in [7, 11) is 0. The van der Waals surface area contributed by atoms with Gasteiger partial charge in [-0.05, 0) is 13.0 Å². The largest absolute Gasteiger partial charge is 0.481 e. The predicted molar refractivity (Wildman–Crippen MR) is 55.6 cm³/mol. The van der Waals surface area contributed by atoms with Crippen LogP contribution in [-0.2, 0) is 19.1 Å². The molecule has 0 aliphatic carbocycles. The topological polar surface area (TPSA) is 92.7 Å². The number of allylic oxidation sites excluding steroid dienone is 1. The number of rotatable bonds is 6. The lowest BCUT2D eigenvalue weighted by Crippen LogP contribution is -2.34. The van der Waals surface area contributed by atoms with Crippen LogP contribution in [0, 0.1) is 0 Å². The molecule has 0 saturated heterocycles. The molecule has 0 rings (SSSR count). The van der Waals surface area contributed by atoms with Crippen molar-refractivity contribution in [2.45, 2.75) is 26.4 Å². The van der Waals surface area contributed by atoms with Crippen LogP contribution in [0.1, 0.15) is 20.3 Å². The van der Waals surface area contributed by atoms with Gasteiger partial charge in [0.05, 0.1) is 6.54 Å². The number of amides is 1. The Bertz CT molecular complexity index is 298. The Labute approximate surface area is 93.3 Å². The van der Waals surface area contributed by atoms with Gasteiger partial charge in [-0.1, -0.05) is 6.08 Å². The predicted octanol–water partition coefficient (Wildman–Crippen LogP) is 0.0851. The van der Waals surface area contributed by atoms with E-state index in [-0.39, 0.29) is 6.54 Å². The second-order valence-corrected chi connectivity index (χ2v) is 3.05. The molecule has 0 aromatic rings. The summed E-state index contributed by atoms with van der Waals surface area (Å²) in [5.74, 6) is -2.28. The summed E-state index contributed by atoms with van der Waals surface area (Å²) in [5.41, 5.74) is 0. The minimum absolute atomic E-state index is 0.0655. The third kappa shape index (κ3) is 7.54. The van der Waals surface area contributed by atoms with Crippen LogP contribution in [0.15, 0.2) is 12.2 Å². The van der Waals surface area contributed by atoms with Crippen LogP contribution in [0.2, 0.25) is 0 Å². The Kier molecular flexibility index (Phi) is 6.58. The summed E-state index contributed by atoms with van der Waals surface area (Å²) in [5, 5.41) is 10.7. The van der Waals surface area contributed by atoms with Crippen molar-refractivity contribution in [3.63, 3.8) is 0 Å². The maximum Gasteiger partial charge on any atom is 0.312 e. The van der Waals surface area contributed by atoms with Gasteiger partial charge in [0, 0.05) is 6.92 Å². The average molecular weight is 229 g/mol. The van der Waals surface area contributed by atoms with Crippen LogP contribution in [0.3, 0.4) is 0 Å². The highest BCUT2D eigenvalue weighted by Crippen LogP contribution is 1.94. The third-order valence-electron chi connectivity index (χ3n) is 1.54. The molecule has 6 heteroatoms. The Hall–Kier alpha value is -1.85. The minimum atomic E-state index is -1.20. The third-order valence-corrected chi connectivity index (χ3v) is 1.54. The van der Waals surface area contributed by atoms with Crippen LogP contribution in [-0.4, -0.2) is 35.6 Å². The van der Waals surface area contributed by atoms with E-state index in [1.807, 2.05) is 0 Å². The average Bonchev–Trinajstić information content (AvgIpc) is 2.12. The van der Waals surface area contributed by atoms with Crippen LogP contribution in [0.4, 0.5) is 0 Å². The maximum absolute atomic E-state index is 11.0. The molecule has 90 valence electrons. The number of hydrogen-bond acceptors (Lipinski definition) is 4. The highest BCUT2D eigenvalue weighted by atomic mass is 16.5. The molecule has 0 aliphatic heterocycles. The first-order valence-corrected chi connectivity index (χ1v) is 4.74. The van der Waals surface area contributed by atoms with E-state index in [0.29, 0.717) is 0 Å². The van der Waals surface area contributed by atoms with Gasteiger partial charge in [0.15, 0.2) is 0 Å². The maximum atomic E-state index is 11.0. The Morgan fingerprint density at radius 2 is 2.06 bits per heavy atom. The Morgan fingerprint density at radius 3 is 2.50 bits per heavy atom. The molecule has 6 nitrogen and oxygen atoms in total. The van der Waals surface area contributed by atoms with E-state index in [4.69, 9.17) is 9.84 Å². The van der Waals surface area contributed by atoms with Gasteiger partial charge < -0.3 is 15.2 Å². The molecule has 0 radical (unpaired) electrons. The molecule has 0 fully saturated rings. The summed E-state index contributed by atoms with van der Waals surface area (Å²) >= 11 is 0. The summed E-state index contributed by atoms with van der Waals surface area (Å²) in [4.78, 5) is 31.9. The number of esters is 1.